The molecule has 0 radical (unpaired) electrons. The van der Waals surface area contributed by atoms with Crippen molar-refractivity contribution < 1.29 is 18.0 Å². The maximum absolute atomic E-state index is 13.9. The maximum atomic E-state index is 13.9. The number of carbonyl (C=O) groups is 2. The molecule has 1 aliphatic rings. The number of likely N-dealkylation sites (tertiary alicyclic amines) is 1. The summed E-state index contributed by atoms with van der Waals surface area (Å²) >= 11 is 12.4. The largest absolute Gasteiger partial charge is 0.384 e. The fourth-order valence-electron chi connectivity index (χ4n) is 5.43. The number of amides is 2. The molecule has 2 amide bonds. The average Bonchev–Trinajstić information content (AvgIpc) is 3.00. The molecule has 0 aliphatic carbocycles. The van der Waals surface area contributed by atoms with Crippen LogP contribution in [0, 0.1) is 11.3 Å². The first-order valence-electron chi connectivity index (χ1n) is 14.5. The molecule has 1 fully saturated rings. The molecule has 1 atom stereocenters. The van der Waals surface area contributed by atoms with Crippen molar-refractivity contribution in [2.45, 2.75) is 49.5 Å². The molecular weight excluding hydrogens is 621 g/mol. The van der Waals surface area contributed by atoms with Crippen LogP contribution in [-0.4, -0.2) is 57.1 Å². The van der Waals surface area contributed by atoms with Crippen molar-refractivity contribution in [3.05, 3.63) is 87.9 Å². The third-order valence-corrected chi connectivity index (χ3v) is 9.90. The summed E-state index contributed by atoms with van der Waals surface area (Å²) in [5.41, 5.74) is 8.05. The van der Waals surface area contributed by atoms with Crippen LogP contribution in [0.25, 0.3) is 11.1 Å². The van der Waals surface area contributed by atoms with Gasteiger partial charge >= 0.3 is 0 Å². The lowest BCUT2D eigenvalue weighted by Gasteiger charge is -2.34. The van der Waals surface area contributed by atoms with Crippen molar-refractivity contribution in [3.63, 3.8) is 0 Å². The average molecular weight is 659 g/mol. The number of nitrogens with zero attached hydrogens (tertiary/aromatic N) is 1. The molecule has 1 heterocycles. The topological polar surface area (TPSA) is 145 Å². The number of amidine groups is 1. The lowest BCUT2D eigenvalue weighted by Crippen LogP contribution is -2.51. The predicted octanol–water partition coefficient (Wildman–Crippen LogP) is 4.99. The highest BCUT2D eigenvalue weighted by atomic mass is 35.5. The molecule has 0 bridgehead atoms. The van der Waals surface area contributed by atoms with Crippen LogP contribution in [0.2, 0.25) is 10.0 Å². The summed E-state index contributed by atoms with van der Waals surface area (Å²) in [6, 6.07) is 17.2. The minimum absolute atomic E-state index is 0.00822. The molecule has 0 spiro atoms. The second kappa shape index (κ2) is 15.0. The van der Waals surface area contributed by atoms with Crippen LogP contribution < -0.4 is 15.8 Å². The molecule has 12 heteroatoms. The van der Waals surface area contributed by atoms with Gasteiger partial charge < -0.3 is 16.0 Å². The lowest BCUT2D eigenvalue weighted by atomic mass is 9.91. The molecule has 3 aromatic carbocycles. The molecule has 0 aromatic heterocycles. The summed E-state index contributed by atoms with van der Waals surface area (Å²) in [4.78, 5) is 27.2. The fourth-order valence-corrected chi connectivity index (χ4v) is 7.18. The summed E-state index contributed by atoms with van der Waals surface area (Å²) in [6.45, 7) is 0.999. The van der Waals surface area contributed by atoms with Crippen molar-refractivity contribution >= 4 is 50.9 Å². The number of halogens is 2. The standard InChI is InChI=1S/C32H37Cl2N5O4S/c1-37-30(40)10-3-5-21-13-15-39(16-14-21)32(41)29(18-22-6-2-8-24(17-22)31(35)36)38-44(42,43)26-9-4-7-23(19-26)27-12-11-25(33)20-28(27)34/h2,4,6-9,11-12,17,19-21,29,38H,3,5,10,13-16,18H2,1H3,(H3,35,36)(H,37,40)/t29-/m0/s1. The van der Waals surface area contributed by atoms with Gasteiger partial charge in [-0.25, -0.2) is 8.42 Å². The van der Waals surface area contributed by atoms with E-state index in [1.54, 1.807) is 66.5 Å². The maximum Gasteiger partial charge on any atom is 0.241 e. The molecule has 44 heavy (non-hydrogen) atoms. The Kier molecular flexibility index (Phi) is 11.4. The molecular formula is C32H37Cl2N5O4S. The molecule has 9 nitrogen and oxygen atoms in total. The Morgan fingerprint density at radius 1 is 1.05 bits per heavy atom. The normalized spacial score (nSPS) is 14.7. The van der Waals surface area contributed by atoms with E-state index >= 15 is 0 Å². The predicted molar refractivity (Wildman–Crippen MR) is 174 cm³/mol. The van der Waals surface area contributed by atoms with Gasteiger partial charge in [0.2, 0.25) is 21.8 Å². The van der Waals surface area contributed by atoms with Crippen molar-refractivity contribution in [3.8, 4) is 11.1 Å². The summed E-state index contributed by atoms with van der Waals surface area (Å²) < 4.78 is 30.2. The Labute approximate surface area is 268 Å². The molecule has 0 saturated carbocycles. The van der Waals surface area contributed by atoms with E-state index in [1.165, 1.54) is 12.1 Å². The highest BCUT2D eigenvalue weighted by Crippen LogP contribution is 2.32. The van der Waals surface area contributed by atoms with Crippen LogP contribution in [0.5, 0.6) is 0 Å². The van der Waals surface area contributed by atoms with Gasteiger partial charge in [-0.3, -0.25) is 15.0 Å². The number of hydrogen-bond donors (Lipinski definition) is 4. The van der Waals surface area contributed by atoms with E-state index in [4.69, 9.17) is 34.3 Å². The number of nitrogen functional groups attached to an aromatic ring is 1. The molecule has 0 unspecified atom stereocenters. The zero-order valence-electron chi connectivity index (χ0n) is 24.5. The van der Waals surface area contributed by atoms with Gasteiger partial charge in [0.15, 0.2) is 0 Å². The van der Waals surface area contributed by atoms with Gasteiger partial charge in [0.05, 0.1) is 4.90 Å². The van der Waals surface area contributed by atoms with Crippen LogP contribution in [0.4, 0.5) is 0 Å². The zero-order valence-corrected chi connectivity index (χ0v) is 26.8. The summed E-state index contributed by atoms with van der Waals surface area (Å²) in [7, 11) is -2.52. The van der Waals surface area contributed by atoms with Crippen LogP contribution in [0.15, 0.2) is 71.6 Å². The van der Waals surface area contributed by atoms with Gasteiger partial charge in [0.25, 0.3) is 0 Å². The number of rotatable bonds is 12. The fraction of sp³-hybridized carbons (Fsp3) is 0.344. The number of sulfonamides is 1. The van der Waals surface area contributed by atoms with Gasteiger partial charge in [-0.05, 0) is 79.5 Å². The van der Waals surface area contributed by atoms with E-state index < -0.39 is 16.1 Å². The van der Waals surface area contributed by atoms with Gasteiger partial charge in [0.1, 0.15) is 11.9 Å². The van der Waals surface area contributed by atoms with Gasteiger partial charge in [0, 0.05) is 47.7 Å². The summed E-state index contributed by atoms with van der Waals surface area (Å²) in [6.07, 6.45) is 3.80. The van der Waals surface area contributed by atoms with Crippen molar-refractivity contribution in [1.82, 2.24) is 14.9 Å². The second-order valence-corrected chi connectivity index (χ2v) is 13.5. The third-order valence-electron chi connectivity index (χ3n) is 7.88. The first-order chi connectivity index (χ1) is 21.0. The lowest BCUT2D eigenvalue weighted by molar-refractivity contribution is -0.134. The summed E-state index contributed by atoms with van der Waals surface area (Å²) in [5, 5.41) is 11.3. The van der Waals surface area contributed by atoms with Gasteiger partial charge in [-0.15, -0.1) is 0 Å². The van der Waals surface area contributed by atoms with Crippen molar-refractivity contribution in [2.75, 3.05) is 20.1 Å². The number of nitrogens with two attached hydrogens (primary N) is 1. The smallest absolute Gasteiger partial charge is 0.241 e. The minimum Gasteiger partial charge on any atom is -0.384 e. The Balaban J connectivity index is 1.55. The van der Waals surface area contributed by atoms with E-state index in [1.807, 2.05) is 0 Å². The quantitative estimate of drug-likeness (QED) is 0.160. The highest BCUT2D eigenvalue weighted by molar-refractivity contribution is 7.89. The van der Waals surface area contributed by atoms with E-state index in [-0.39, 0.29) is 29.0 Å². The van der Waals surface area contributed by atoms with E-state index in [0.717, 1.165) is 25.7 Å². The Hall–Kier alpha value is -3.44. The number of carbonyl (C=O) groups excluding carboxylic acids is 2. The van der Waals surface area contributed by atoms with Crippen molar-refractivity contribution in [2.24, 2.45) is 11.7 Å². The third kappa shape index (κ3) is 8.81. The number of hydrogen-bond acceptors (Lipinski definition) is 5. The van der Waals surface area contributed by atoms with Crippen LogP contribution in [0.3, 0.4) is 0 Å². The first-order valence-corrected chi connectivity index (χ1v) is 16.7. The highest BCUT2D eigenvalue weighted by Gasteiger charge is 2.32. The SMILES string of the molecule is CNC(=O)CCCC1CCN(C(=O)[C@H](Cc2cccc(C(=N)N)c2)NS(=O)(=O)c2cccc(-c3ccc(Cl)cc3Cl)c2)CC1. The number of nitrogens with one attached hydrogen (secondary N) is 3. The molecule has 1 saturated heterocycles. The van der Waals surface area contributed by atoms with E-state index in [2.05, 4.69) is 10.0 Å². The van der Waals surface area contributed by atoms with Crippen LogP contribution in [0.1, 0.15) is 43.2 Å². The minimum atomic E-state index is -4.15. The monoisotopic (exact) mass is 657 g/mol. The second-order valence-electron chi connectivity index (χ2n) is 11.0. The van der Waals surface area contributed by atoms with Crippen LogP contribution >= 0.6 is 23.2 Å². The number of piperidine rings is 1. The Morgan fingerprint density at radius 3 is 2.45 bits per heavy atom. The molecule has 4 rings (SSSR count). The van der Waals surface area contributed by atoms with Gasteiger partial charge in [-0.1, -0.05) is 59.6 Å². The first kappa shape index (κ1) is 33.5. The Morgan fingerprint density at radius 2 is 1.77 bits per heavy atom. The summed E-state index contributed by atoms with van der Waals surface area (Å²) in [5.74, 6) is -0.0223. The Bertz CT molecular complexity index is 1620. The molecule has 1 aliphatic heterocycles. The zero-order chi connectivity index (χ0) is 31.9. The van der Waals surface area contributed by atoms with E-state index in [9.17, 15) is 18.0 Å². The van der Waals surface area contributed by atoms with E-state index in [0.29, 0.717) is 57.7 Å². The van der Waals surface area contributed by atoms with Gasteiger partial charge in [-0.2, -0.15) is 4.72 Å². The number of benzene rings is 3. The molecule has 3 aromatic rings. The molecule has 234 valence electrons. The van der Waals surface area contributed by atoms with Crippen LogP contribution in [-0.2, 0) is 26.0 Å². The molecule has 5 N–H and O–H groups in total. The van der Waals surface area contributed by atoms with Crippen molar-refractivity contribution in [1.29, 1.82) is 5.41 Å².